The van der Waals surface area contributed by atoms with Crippen molar-refractivity contribution < 1.29 is 33.6 Å². The number of Topliss-reactive ketones (excluding diaryl/α,β-unsaturated/α-hetero) is 1. The smallest absolute Gasteiger partial charge is 0.301 e. The molecule has 0 bridgehead atoms. The second-order valence-electron chi connectivity index (χ2n) is 8.46. The molecule has 1 saturated heterocycles. The molecule has 5 rings (SSSR count). The van der Waals surface area contributed by atoms with Gasteiger partial charge in [0.1, 0.15) is 11.5 Å². The lowest BCUT2D eigenvalue weighted by Gasteiger charge is -2.24. The highest BCUT2D eigenvalue weighted by Crippen LogP contribution is 2.48. The third-order valence-corrected chi connectivity index (χ3v) is 7.62. The van der Waals surface area contributed by atoms with E-state index in [2.05, 4.69) is 4.98 Å². The van der Waals surface area contributed by atoms with Crippen LogP contribution in [0, 0.1) is 0 Å². The molecule has 2 heterocycles. The van der Waals surface area contributed by atoms with Gasteiger partial charge in [0, 0.05) is 10.6 Å². The normalized spacial score (nSPS) is 16.5. The molecule has 1 aliphatic heterocycles. The van der Waals surface area contributed by atoms with Crippen molar-refractivity contribution >= 4 is 55.7 Å². The first-order chi connectivity index (χ1) is 18.8. The predicted molar refractivity (Wildman–Crippen MR) is 149 cm³/mol. The van der Waals surface area contributed by atoms with Gasteiger partial charge in [-0.2, -0.15) is 0 Å². The molecule has 0 radical (unpaired) electrons. The largest absolute Gasteiger partial charge is 0.507 e. The molecule has 200 valence electrons. The maximum absolute atomic E-state index is 13.6. The summed E-state index contributed by atoms with van der Waals surface area (Å²) in [6.07, 6.45) is 0. The van der Waals surface area contributed by atoms with E-state index in [-0.39, 0.29) is 16.5 Å². The van der Waals surface area contributed by atoms with Gasteiger partial charge in [-0.1, -0.05) is 22.9 Å². The lowest BCUT2D eigenvalue weighted by molar-refractivity contribution is -0.132. The monoisotopic (exact) mass is 566 g/mol. The molecule has 39 heavy (non-hydrogen) atoms. The van der Waals surface area contributed by atoms with E-state index in [1.54, 1.807) is 61.7 Å². The van der Waals surface area contributed by atoms with Crippen LogP contribution in [-0.2, 0) is 9.59 Å². The van der Waals surface area contributed by atoms with Crippen LogP contribution in [0.1, 0.15) is 17.2 Å². The molecule has 1 aromatic heterocycles. The van der Waals surface area contributed by atoms with Crippen LogP contribution in [0.2, 0.25) is 5.02 Å². The lowest BCUT2D eigenvalue weighted by Crippen LogP contribution is -2.29. The van der Waals surface area contributed by atoms with E-state index in [4.69, 9.17) is 30.5 Å². The van der Waals surface area contributed by atoms with E-state index in [0.29, 0.717) is 44.7 Å². The Bertz CT molecular complexity index is 1610. The van der Waals surface area contributed by atoms with E-state index in [9.17, 15) is 14.7 Å². The highest BCUT2D eigenvalue weighted by Gasteiger charge is 2.48. The summed E-state index contributed by atoms with van der Waals surface area (Å²) in [4.78, 5) is 33.0. The van der Waals surface area contributed by atoms with E-state index in [1.807, 2.05) is 0 Å². The number of fused-ring (bicyclic) bond motifs is 1. The molecule has 11 heteroatoms. The van der Waals surface area contributed by atoms with Crippen LogP contribution < -0.4 is 23.8 Å². The quantitative estimate of drug-likeness (QED) is 0.175. The summed E-state index contributed by atoms with van der Waals surface area (Å²) in [5, 5.41) is 12.1. The van der Waals surface area contributed by atoms with Gasteiger partial charge in [-0.25, -0.2) is 4.98 Å². The van der Waals surface area contributed by atoms with Gasteiger partial charge in [-0.3, -0.25) is 14.5 Å². The highest BCUT2D eigenvalue weighted by atomic mass is 35.5. The Balaban J connectivity index is 1.77. The number of carbonyl (C=O) groups is 2. The molecule has 0 aliphatic carbocycles. The Kier molecular flexibility index (Phi) is 7.07. The van der Waals surface area contributed by atoms with Gasteiger partial charge in [0.15, 0.2) is 16.6 Å². The summed E-state index contributed by atoms with van der Waals surface area (Å²) in [6.45, 7) is 0. The number of ether oxygens (including phenoxy) is 4. The number of rotatable bonds is 7. The Morgan fingerprint density at radius 3 is 2.18 bits per heavy atom. The Hall–Kier alpha value is -4.28. The van der Waals surface area contributed by atoms with Crippen LogP contribution in [0.4, 0.5) is 5.13 Å². The van der Waals surface area contributed by atoms with Gasteiger partial charge in [0.25, 0.3) is 5.78 Å². The fourth-order valence-corrected chi connectivity index (χ4v) is 5.64. The van der Waals surface area contributed by atoms with E-state index in [0.717, 1.165) is 4.70 Å². The average molecular weight is 567 g/mol. The first-order valence-corrected chi connectivity index (χ1v) is 12.8. The summed E-state index contributed by atoms with van der Waals surface area (Å²) >= 11 is 7.25. The second kappa shape index (κ2) is 10.5. The van der Waals surface area contributed by atoms with Gasteiger partial charge < -0.3 is 24.1 Å². The van der Waals surface area contributed by atoms with Gasteiger partial charge >= 0.3 is 5.91 Å². The number of nitrogens with zero attached hydrogens (tertiary/aromatic N) is 2. The van der Waals surface area contributed by atoms with Gasteiger partial charge in [0.2, 0.25) is 5.75 Å². The van der Waals surface area contributed by atoms with Gasteiger partial charge in [-0.05, 0) is 60.2 Å². The minimum Gasteiger partial charge on any atom is -0.507 e. The van der Waals surface area contributed by atoms with E-state index in [1.165, 1.54) is 37.6 Å². The molecule has 1 atom stereocenters. The number of benzene rings is 3. The topological polar surface area (TPSA) is 107 Å². The first-order valence-electron chi connectivity index (χ1n) is 11.6. The van der Waals surface area contributed by atoms with E-state index < -0.39 is 17.7 Å². The minimum atomic E-state index is -1.06. The number of thiazole rings is 1. The van der Waals surface area contributed by atoms with Crippen LogP contribution in [0.3, 0.4) is 0 Å². The molecule has 0 saturated carbocycles. The van der Waals surface area contributed by atoms with Crippen molar-refractivity contribution in [1.29, 1.82) is 0 Å². The van der Waals surface area contributed by atoms with Crippen molar-refractivity contribution in [3.05, 3.63) is 76.3 Å². The average Bonchev–Trinajstić information content (AvgIpc) is 3.49. The molecule has 9 nitrogen and oxygen atoms in total. The zero-order valence-corrected chi connectivity index (χ0v) is 22.9. The number of anilines is 1. The number of methoxy groups -OCH3 is 4. The van der Waals surface area contributed by atoms with Crippen molar-refractivity contribution in [1.82, 2.24) is 4.98 Å². The van der Waals surface area contributed by atoms with Crippen LogP contribution in [0.15, 0.2) is 60.2 Å². The Morgan fingerprint density at radius 2 is 1.59 bits per heavy atom. The second-order valence-corrected chi connectivity index (χ2v) is 9.91. The Morgan fingerprint density at radius 1 is 0.923 bits per heavy atom. The summed E-state index contributed by atoms with van der Waals surface area (Å²) < 4.78 is 22.6. The Labute approximate surface area is 232 Å². The molecule has 4 aromatic rings. The maximum Gasteiger partial charge on any atom is 0.301 e. The molecule has 1 amide bonds. The first kappa shape index (κ1) is 26.3. The van der Waals surface area contributed by atoms with Crippen molar-refractivity contribution in [2.75, 3.05) is 33.3 Å². The number of aliphatic hydroxyl groups is 1. The molecule has 0 spiro atoms. The number of ketones is 1. The third-order valence-electron chi connectivity index (χ3n) is 6.36. The van der Waals surface area contributed by atoms with E-state index >= 15 is 0 Å². The van der Waals surface area contributed by atoms with Crippen LogP contribution in [0.25, 0.3) is 16.0 Å². The number of hydrogen-bond donors (Lipinski definition) is 1. The van der Waals surface area contributed by atoms with Crippen molar-refractivity contribution in [2.45, 2.75) is 6.04 Å². The molecule has 1 fully saturated rings. The zero-order chi connectivity index (χ0) is 27.8. The number of halogens is 1. The fraction of sp³-hybridized carbons (Fsp3) is 0.179. The van der Waals surface area contributed by atoms with Gasteiger partial charge in [0.05, 0.1) is 50.3 Å². The van der Waals surface area contributed by atoms with Crippen molar-refractivity contribution in [2.24, 2.45) is 0 Å². The summed E-state index contributed by atoms with van der Waals surface area (Å²) in [6, 6.07) is 13.9. The molecular weight excluding hydrogens is 544 g/mol. The van der Waals surface area contributed by atoms with Crippen molar-refractivity contribution in [3.8, 4) is 23.0 Å². The van der Waals surface area contributed by atoms with Gasteiger partial charge in [-0.15, -0.1) is 0 Å². The number of aromatic nitrogens is 1. The SMILES string of the molecule is COc1ccc2nc(N3C(=O)C(=O)/C(=C(/O)c4ccc(Cl)cc4)C3c3cc(OC)c(OC)c(OC)c3)sc2c1. The number of amides is 1. The van der Waals surface area contributed by atoms with Crippen LogP contribution in [-0.4, -0.2) is 50.2 Å². The summed E-state index contributed by atoms with van der Waals surface area (Å²) in [7, 11) is 5.96. The van der Waals surface area contributed by atoms with Crippen LogP contribution >= 0.6 is 22.9 Å². The maximum atomic E-state index is 13.6. The summed E-state index contributed by atoms with van der Waals surface area (Å²) in [5.74, 6) is -0.451. The van der Waals surface area contributed by atoms with Crippen LogP contribution in [0.5, 0.6) is 23.0 Å². The zero-order valence-electron chi connectivity index (χ0n) is 21.4. The van der Waals surface area contributed by atoms with Crippen molar-refractivity contribution in [3.63, 3.8) is 0 Å². The molecule has 3 aromatic carbocycles. The predicted octanol–water partition coefficient (Wildman–Crippen LogP) is 5.61. The molecule has 1 unspecified atom stereocenters. The summed E-state index contributed by atoms with van der Waals surface area (Å²) in [5.41, 5.74) is 1.27. The standard InChI is InChI=1S/C28H23ClN2O7S/c1-35-17-9-10-18-21(13-17)39-28(30-18)31-23(15-11-19(36-2)26(38-4)20(12-15)37-3)22(25(33)27(31)34)24(32)14-5-7-16(29)8-6-14/h5-13,23,32H,1-4H3/b24-22+. The fourth-order valence-electron chi connectivity index (χ4n) is 4.49. The molecule has 1 aliphatic rings. The number of hydrogen-bond acceptors (Lipinski definition) is 9. The number of aliphatic hydroxyl groups excluding tert-OH is 1. The lowest BCUT2D eigenvalue weighted by atomic mass is 9.95. The molecular formula is C28H23ClN2O7S. The third kappa shape index (κ3) is 4.51. The molecule has 1 N–H and O–H groups in total. The number of carbonyl (C=O) groups excluding carboxylic acids is 2. The minimum absolute atomic E-state index is 0.117. The highest BCUT2D eigenvalue weighted by molar-refractivity contribution is 7.22.